The normalized spacial score (nSPS) is 15.0. The minimum atomic E-state index is 0. The first kappa shape index (κ1) is 18.5. The molecule has 0 fully saturated rings. The molecule has 0 aromatic carbocycles. The third-order valence-corrected chi connectivity index (χ3v) is 1.73. The van der Waals surface area contributed by atoms with E-state index in [0.717, 1.165) is 18.7 Å². The molecule has 2 rings (SSSR count). The predicted octanol–water partition coefficient (Wildman–Crippen LogP) is 4.63. The van der Waals surface area contributed by atoms with E-state index in [2.05, 4.69) is 50.3 Å². The van der Waals surface area contributed by atoms with Crippen LogP contribution in [0.25, 0.3) is 0 Å². The fourth-order valence-electron chi connectivity index (χ4n) is 1.03. The summed E-state index contributed by atoms with van der Waals surface area (Å²) in [5.74, 6) is 0.722. The van der Waals surface area contributed by atoms with Crippen molar-refractivity contribution in [2.24, 2.45) is 0 Å². The number of hydrogen-bond donors (Lipinski definition) is 0. The van der Waals surface area contributed by atoms with Gasteiger partial charge in [-0.15, -0.1) is 24.4 Å². The minimum absolute atomic E-state index is 0. The molecule has 0 unspecified atom stereocenters. The Morgan fingerprint density at radius 1 is 1.06 bits per heavy atom. The molecule has 0 radical (unpaired) electrons. The van der Waals surface area contributed by atoms with Gasteiger partial charge in [-0.2, -0.15) is 12.2 Å². The quantitative estimate of drug-likeness (QED) is 0.315. The molecular weight excluding hydrogens is 382 g/mol. The number of hydrogen-bond acceptors (Lipinski definition) is 0. The molecule has 0 aromatic heterocycles. The molecule has 0 bridgehead atoms. The van der Waals surface area contributed by atoms with E-state index in [1.54, 1.807) is 0 Å². The molecule has 84 valence electrons. The fraction of sp³-hybridized carbons (Fsp3) is 0.429. The van der Waals surface area contributed by atoms with Crippen molar-refractivity contribution in [3.8, 4) is 0 Å². The Balaban J connectivity index is 0. The summed E-state index contributed by atoms with van der Waals surface area (Å²) in [6, 6.07) is 0. The van der Waals surface area contributed by atoms with Gasteiger partial charge in [0.2, 0.25) is 0 Å². The van der Waals surface area contributed by atoms with Crippen LogP contribution in [0.1, 0.15) is 33.6 Å². The Kier molecular flexibility index (Phi) is 15.2. The summed E-state index contributed by atoms with van der Waals surface area (Å²) in [6.45, 7) is 6.01. The van der Waals surface area contributed by atoms with Crippen LogP contribution in [-0.4, -0.2) is 5.88 Å². The van der Waals surface area contributed by atoms with Gasteiger partial charge in [0, 0.05) is 5.88 Å². The average Bonchev–Trinajstić information content (AvgIpc) is 2.81. The molecule has 0 nitrogen and oxygen atoms in total. The first-order valence-electron chi connectivity index (χ1n) is 5.24. The zero-order chi connectivity index (χ0) is 11.5. The maximum atomic E-state index is 5.00. The summed E-state index contributed by atoms with van der Waals surface area (Å²) in [7, 11) is 0. The van der Waals surface area contributed by atoms with Crippen LogP contribution in [0.15, 0.2) is 35.5 Å². The van der Waals surface area contributed by atoms with E-state index in [1.165, 1.54) is 11.1 Å². The molecule has 0 spiro atoms. The Bertz CT molecular complexity index is 239. The van der Waals surface area contributed by atoms with Crippen molar-refractivity contribution in [1.29, 1.82) is 0 Å². The molecule has 2 heteroatoms. The molecule has 0 saturated heterocycles. The van der Waals surface area contributed by atoms with Crippen LogP contribution in [0.5, 0.6) is 0 Å². The van der Waals surface area contributed by atoms with Crippen LogP contribution in [-0.2, 0) is 25.8 Å². The summed E-state index contributed by atoms with van der Waals surface area (Å²) >= 11 is 5.00. The first-order chi connectivity index (χ1) is 7.20. The molecule has 0 aromatic rings. The summed E-state index contributed by atoms with van der Waals surface area (Å²) in [5, 5.41) is 0. The molecule has 0 N–H and O–H groups in total. The van der Waals surface area contributed by atoms with Crippen molar-refractivity contribution in [3.05, 3.63) is 47.6 Å². The van der Waals surface area contributed by atoms with Crippen LogP contribution >= 0.6 is 11.6 Å². The van der Waals surface area contributed by atoms with Crippen molar-refractivity contribution in [1.82, 2.24) is 0 Å². The second-order valence-corrected chi connectivity index (χ2v) is 3.73. The second-order valence-electron chi connectivity index (χ2n) is 3.20. The Hall–Kier alpha value is 0.120. The van der Waals surface area contributed by atoms with Gasteiger partial charge < -0.3 is 0 Å². The van der Waals surface area contributed by atoms with Crippen molar-refractivity contribution in [2.45, 2.75) is 33.6 Å². The van der Waals surface area contributed by atoms with Crippen LogP contribution in [0.3, 0.4) is 0 Å². The van der Waals surface area contributed by atoms with Gasteiger partial charge in [0.15, 0.2) is 0 Å². The van der Waals surface area contributed by atoms with Crippen molar-refractivity contribution in [3.63, 3.8) is 0 Å². The van der Waals surface area contributed by atoms with Gasteiger partial charge in [-0.25, -0.2) is 23.3 Å². The van der Waals surface area contributed by atoms with E-state index in [-0.39, 0.29) is 25.8 Å². The van der Waals surface area contributed by atoms with Crippen molar-refractivity contribution < 1.29 is 25.8 Å². The molecule has 0 heterocycles. The van der Waals surface area contributed by atoms with E-state index in [9.17, 15) is 0 Å². The molecular formula is C14H19ClHf+2. The van der Waals surface area contributed by atoms with Gasteiger partial charge in [0.25, 0.3) is 0 Å². The maximum absolute atomic E-state index is 5.00. The van der Waals surface area contributed by atoms with Crippen LogP contribution in [0, 0.1) is 12.2 Å². The summed E-state index contributed by atoms with van der Waals surface area (Å²) in [6.07, 6.45) is 16.7. The molecule has 2 aliphatic carbocycles. The van der Waals surface area contributed by atoms with Gasteiger partial charge in [-0.05, 0) is 0 Å². The van der Waals surface area contributed by atoms with Crippen LogP contribution < -0.4 is 0 Å². The zero-order valence-corrected chi connectivity index (χ0v) is 14.7. The van der Waals surface area contributed by atoms with Gasteiger partial charge in [-0.3, -0.25) is 12.2 Å². The molecule has 16 heavy (non-hydrogen) atoms. The summed E-state index contributed by atoms with van der Waals surface area (Å²) in [4.78, 5) is 0. The Morgan fingerprint density at radius 3 is 1.44 bits per heavy atom. The fourth-order valence-corrected chi connectivity index (χ4v) is 1.03. The predicted molar refractivity (Wildman–Crippen MR) is 68.8 cm³/mol. The smallest absolute Gasteiger partial charge is 0.270 e. The van der Waals surface area contributed by atoms with Gasteiger partial charge in [0.1, 0.15) is 0 Å². The number of allylic oxidation sites excluding steroid dienone is 8. The maximum Gasteiger partial charge on any atom is 4.00 e. The van der Waals surface area contributed by atoms with Gasteiger partial charge in [0.05, 0.1) is 0 Å². The SMILES string of the molecule is CC1=[C-]CC=C1.CC1=[C-]CC=C1.CCCl.[Hf+4]. The zero-order valence-electron chi connectivity index (χ0n) is 10.3. The summed E-state index contributed by atoms with van der Waals surface area (Å²) < 4.78 is 0. The molecule has 2 aliphatic rings. The third kappa shape index (κ3) is 12.2. The monoisotopic (exact) mass is 402 g/mol. The molecule has 0 aliphatic heterocycles. The second kappa shape index (κ2) is 13.2. The Morgan fingerprint density at radius 2 is 1.38 bits per heavy atom. The van der Waals surface area contributed by atoms with Gasteiger partial charge >= 0.3 is 25.8 Å². The topological polar surface area (TPSA) is 0 Å². The van der Waals surface area contributed by atoms with E-state index >= 15 is 0 Å². The van der Waals surface area contributed by atoms with E-state index in [1.807, 2.05) is 6.92 Å². The van der Waals surface area contributed by atoms with E-state index < -0.39 is 0 Å². The first-order valence-corrected chi connectivity index (χ1v) is 5.78. The number of alkyl halides is 1. The van der Waals surface area contributed by atoms with E-state index in [0.29, 0.717) is 0 Å². The number of rotatable bonds is 0. The van der Waals surface area contributed by atoms with Crippen LogP contribution in [0.4, 0.5) is 0 Å². The molecule has 0 amide bonds. The van der Waals surface area contributed by atoms with Crippen molar-refractivity contribution >= 4 is 11.6 Å². The average molecular weight is 401 g/mol. The van der Waals surface area contributed by atoms with Gasteiger partial charge in [-0.1, -0.05) is 20.8 Å². The minimum Gasteiger partial charge on any atom is -0.270 e. The summed E-state index contributed by atoms with van der Waals surface area (Å²) in [5.41, 5.74) is 2.55. The van der Waals surface area contributed by atoms with E-state index in [4.69, 9.17) is 11.6 Å². The molecule has 0 atom stereocenters. The third-order valence-electron chi connectivity index (χ3n) is 1.73. The number of halogens is 1. The van der Waals surface area contributed by atoms with Crippen molar-refractivity contribution in [2.75, 3.05) is 5.88 Å². The van der Waals surface area contributed by atoms with Crippen LogP contribution in [0.2, 0.25) is 0 Å². The molecule has 0 saturated carbocycles. The largest absolute Gasteiger partial charge is 4.00 e. The Labute approximate surface area is 124 Å². The standard InChI is InChI=1S/2C6H7.C2H5Cl.Hf/c2*1-6-4-2-3-5-6;1-2-3;/h2*2,4H,3H2,1H3;2H2,1H3;/q2*-1;;+4.